The van der Waals surface area contributed by atoms with Gasteiger partial charge in [0.2, 0.25) is 5.13 Å². The quantitative estimate of drug-likeness (QED) is 0.450. The zero-order valence-corrected chi connectivity index (χ0v) is 20.1. The fourth-order valence-corrected chi connectivity index (χ4v) is 5.42. The van der Waals surface area contributed by atoms with Crippen LogP contribution in [0.1, 0.15) is 24.2 Å². The summed E-state index contributed by atoms with van der Waals surface area (Å²) in [5, 5.41) is 8.71. The van der Waals surface area contributed by atoms with Gasteiger partial charge in [0.15, 0.2) is 0 Å². The van der Waals surface area contributed by atoms with Crippen molar-refractivity contribution in [2.45, 2.75) is 26.3 Å². The smallest absolute Gasteiger partial charge is 0.211 e. The summed E-state index contributed by atoms with van der Waals surface area (Å²) >= 11 is 1.58. The van der Waals surface area contributed by atoms with Gasteiger partial charge in [0.05, 0.1) is 40.5 Å². The first-order valence-corrected chi connectivity index (χ1v) is 12.6. The second-order valence-corrected chi connectivity index (χ2v) is 9.81. The van der Waals surface area contributed by atoms with Crippen LogP contribution in [0.25, 0.3) is 15.3 Å². The van der Waals surface area contributed by atoms with E-state index in [4.69, 9.17) is 14.7 Å². The number of ether oxygens (including phenoxy) is 1. The molecule has 0 saturated carbocycles. The van der Waals surface area contributed by atoms with E-state index in [1.807, 2.05) is 42.2 Å². The van der Waals surface area contributed by atoms with Gasteiger partial charge in [-0.25, -0.2) is 19.6 Å². The van der Waals surface area contributed by atoms with E-state index in [0.29, 0.717) is 0 Å². The third-order valence-electron chi connectivity index (χ3n) is 6.31. The molecular formula is C24H28N8OS. The van der Waals surface area contributed by atoms with Crippen LogP contribution in [-0.4, -0.2) is 69.0 Å². The number of aromatic nitrogens is 5. The monoisotopic (exact) mass is 476 g/mol. The molecule has 6 heterocycles. The summed E-state index contributed by atoms with van der Waals surface area (Å²) in [5.74, 6) is 1.54. The highest BCUT2D eigenvalue weighted by molar-refractivity contribution is 7.20. The number of nitrogens with zero attached hydrogens (tertiary/aromatic N) is 7. The van der Waals surface area contributed by atoms with Crippen LogP contribution in [0.3, 0.4) is 0 Å². The van der Waals surface area contributed by atoms with E-state index < -0.39 is 0 Å². The molecule has 0 radical (unpaired) electrons. The minimum Gasteiger partial charge on any atom is -0.378 e. The second kappa shape index (κ2) is 9.28. The number of fused-ring (bicyclic) bond motifs is 1. The average molecular weight is 477 g/mol. The van der Waals surface area contributed by atoms with Gasteiger partial charge in [0.1, 0.15) is 11.6 Å². The summed E-state index contributed by atoms with van der Waals surface area (Å²) in [7, 11) is 0. The SMILES string of the molecule is Cc1ccn(-c2nc3cc(Nc4ccc(N5CCOCC5)c(CN5CCCC5)n4)ncc3s2)n1. The van der Waals surface area contributed by atoms with Crippen LogP contribution in [0, 0.1) is 6.92 Å². The number of hydrogen-bond acceptors (Lipinski definition) is 9. The van der Waals surface area contributed by atoms with Crippen LogP contribution in [0.2, 0.25) is 0 Å². The standard InChI is InChI=1S/C24H28N8OS/c1-17-6-9-32(29-17)24-27-18-14-23(25-15-21(18)34-24)28-22-5-4-20(31-10-12-33-13-11-31)19(26-22)16-30-7-2-3-8-30/h4-6,9,14-15H,2-3,7-8,10-13,16H2,1H3,(H,25,26,28). The Labute approximate surface area is 202 Å². The number of rotatable bonds is 6. The Morgan fingerprint density at radius 3 is 2.68 bits per heavy atom. The van der Waals surface area contributed by atoms with E-state index in [2.05, 4.69) is 31.3 Å². The Balaban J connectivity index is 1.26. The molecule has 176 valence electrons. The lowest BCUT2D eigenvalue weighted by Gasteiger charge is -2.31. The molecule has 0 bridgehead atoms. The van der Waals surface area contributed by atoms with Crippen molar-refractivity contribution in [1.82, 2.24) is 29.6 Å². The molecule has 0 amide bonds. The predicted octanol–water partition coefficient (Wildman–Crippen LogP) is 3.76. The van der Waals surface area contributed by atoms with Crippen molar-refractivity contribution in [2.24, 2.45) is 0 Å². The Morgan fingerprint density at radius 1 is 1.03 bits per heavy atom. The molecule has 4 aromatic heterocycles. The highest BCUT2D eigenvalue weighted by Crippen LogP contribution is 2.29. The van der Waals surface area contributed by atoms with Crippen molar-refractivity contribution in [3.8, 4) is 5.13 Å². The van der Waals surface area contributed by atoms with Crippen LogP contribution in [0.4, 0.5) is 17.3 Å². The predicted molar refractivity (Wildman–Crippen MR) is 134 cm³/mol. The number of anilines is 3. The second-order valence-electron chi connectivity index (χ2n) is 8.81. The minimum atomic E-state index is 0.736. The molecule has 4 aromatic rings. The van der Waals surface area contributed by atoms with E-state index in [1.165, 1.54) is 18.5 Å². The number of thiazole rings is 1. The first-order chi connectivity index (χ1) is 16.7. The zero-order valence-electron chi connectivity index (χ0n) is 19.3. The molecule has 2 fully saturated rings. The molecule has 1 N–H and O–H groups in total. The molecule has 0 aliphatic carbocycles. The van der Waals surface area contributed by atoms with Crippen molar-refractivity contribution in [3.63, 3.8) is 0 Å². The van der Waals surface area contributed by atoms with Gasteiger partial charge >= 0.3 is 0 Å². The highest BCUT2D eigenvalue weighted by Gasteiger charge is 2.20. The summed E-state index contributed by atoms with van der Waals surface area (Å²) in [6, 6.07) is 8.18. The average Bonchev–Trinajstić information content (AvgIpc) is 3.61. The fourth-order valence-electron chi connectivity index (χ4n) is 4.57. The van der Waals surface area contributed by atoms with Gasteiger partial charge < -0.3 is 15.0 Å². The molecular weight excluding hydrogens is 448 g/mol. The van der Waals surface area contributed by atoms with Crippen LogP contribution < -0.4 is 10.2 Å². The van der Waals surface area contributed by atoms with Crippen molar-refractivity contribution >= 4 is 38.9 Å². The Kier molecular flexibility index (Phi) is 5.86. The highest BCUT2D eigenvalue weighted by atomic mass is 32.1. The van der Waals surface area contributed by atoms with Gasteiger partial charge in [-0.15, -0.1) is 0 Å². The molecule has 2 aliphatic heterocycles. The largest absolute Gasteiger partial charge is 0.378 e. The Bertz CT molecular complexity index is 1290. The summed E-state index contributed by atoms with van der Waals surface area (Å²) < 4.78 is 8.40. The van der Waals surface area contributed by atoms with Gasteiger partial charge in [-0.3, -0.25) is 4.90 Å². The summed E-state index contributed by atoms with van der Waals surface area (Å²) in [4.78, 5) is 19.3. The van der Waals surface area contributed by atoms with E-state index in [9.17, 15) is 0 Å². The minimum absolute atomic E-state index is 0.736. The van der Waals surface area contributed by atoms with Gasteiger partial charge in [-0.05, 0) is 51.1 Å². The first-order valence-electron chi connectivity index (χ1n) is 11.8. The molecule has 9 nitrogen and oxygen atoms in total. The summed E-state index contributed by atoms with van der Waals surface area (Å²) in [6.45, 7) is 8.46. The Hall–Kier alpha value is -3.08. The normalized spacial score (nSPS) is 17.0. The molecule has 0 unspecified atom stereocenters. The van der Waals surface area contributed by atoms with Gasteiger partial charge in [0.25, 0.3) is 0 Å². The zero-order chi connectivity index (χ0) is 22.9. The van der Waals surface area contributed by atoms with Crippen LogP contribution in [-0.2, 0) is 11.3 Å². The molecule has 2 aliphatic rings. The van der Waals surface area contributed by atoms with E-state index in [0.717, 1.165) is 84.3 Å². The first kappa shape index (κ1) is 21.5. The summed E-state index contributed by atoms with van der Waals surface area (Å²) in [5.41, 5.74) is 4.19. The molecule has 34 heavy (non-hydrogen) atoms. The van der Waals surface area contributed by atoms with Gasteiger partial charge in [0, 0.05) is 38.1 Å². The van der Waals surface area contributed by atoms with E-state index >= 15 is 0 Å². The third kappa shape index (κ3) is 4.48. The molecule has 0 aromatic carbocycles. The number of nitrogens with one attached hydrogen (secondary N) is 1. The van der Waals surface area contributed by atoms with Crippen LogP contribution in [0.5, 0.6) is 0 Å². The molecule has 0 atom stereocenters. The maximum atomic E-state index is 5.56. The lowest BCUT2D eigenvalue weighted by atomic mass is 10.2. The van der Waals surface area contributed by atoms with Crippen molar-refractivity contribution in [1.29, 1.82) is 0 Å². The number of likely N-dealkylation sites (tertiary alicyclic amines) is 1. The van der Waals surface area contributed by atoms with Gasteiger partial charge in [-0.2, -0.15) is 5.10 Å². The van der Waals surface area contributed by atoms with Crippen molar-refractivity contribution in [2.75, 3.05) is 49.6 Å². The fraction of sp³-hybridized carbons (Fsp3) is 0.417. The van der Waals surface area contributed by atoms with E-state index in [1.54, 1.807) is 11.3 Å². The molecule has 0 spiro atoms. The van der Waals surface area contributed by atoms with Crippen molar-refractivity contribution in [3.05, 3.63) is 48.0 Å². The molecule has 6 rings (SSSR count). The Morgan fingerprint density at radius 2 is 1.88 bits per heavy atom. The molecule has 10 heteroatoms. The third-order valence-corrected chi connectivity index (χ3v) is 7.31. The number of morpholine rings is 1. The van der Waals surface area contributed by atoms with E-state index in [-0.39, 0.29) is 0 Å². The lowest BCUT2D eigenvalue weighted by molar-refractivity contribution is 0.122. The van der Waals surface area contributed by atoms with Crippen LogP contribution >= 0.6 is 11.3 Å². The van der Waals surface area contributed by atoms with Gasteiger partial charge in [-0.1, -0.05) is 11.3 Å². The molecule has 2 saturated heterocycles. The lowest BCUT2D eigenvalue weighted by Crippen LogP contribution is -2.37. The number of aryl methyl sites for hydroxylation is 1. The summed E-state index contributed by atoms with van der Waals surface area (Å²) in [6.07, 6.45) is 6.33. The number of pyridine rings is 2. The van der Waals surface area contributed by atoms with Crippen molar-refractivity contribution < 1.29 is 4.74 Å². The maximum absolute atomic E-state index is 5.56. The number of hydrogen-bond donors (Lipinski definition) is 1. The maximum Gasteiger partial charge on any atom is 0.211 e. The van der Waals surface area contributed by atoms with Crippen LogP contribution in [0.15, 0.2) is 36.7 Å². The topological polar surface area (TPSA) is 84.2 Å².